The smallest absolute Gasteiger partial charge is 0.352 e. The third-order valence-electron chi connectivity index (χ3n) is 6.53. The van der Waals surface area contributed by atoms with Gasteiger partial charge in [0.15, 0.2) is 0 Å². The van der Waals surface area contributed by atoms with Crippen molar-refractivity contribution in [2.24, 2.45) is 0 Å². The van der Waals surface area contributed by atoms with Crippen molar-refractivity contribution in [3.63, 3.8) is 0 Å². The summed E-state index contributed by atoms with van der Waals surface area (Å²) in [6.45, 7) is 1.94. The molecule has 0 aliphatic carbocycles. The Morgan fingerprint density at radius 1 is 0.884 bits per heavy atom. The highest BCUT2D eigenvalue weighted by atomic mass is 16.5. The Labute approximate surface area is 247 Å². The van der Waals surface area contributed by atoms with Crippen LogP contribution in [-0.2, 0) is 9.53 Å². The van der Waals surface area contributed by atoms with E-state index in [2.05, 4.69) is 11.9 Å². The van der Waals surface area contributed by atoms with E-state index in [4.69, 9.17) is 20.1 Å². The Morgan fingerprint density at radius 3 is 1.93 bits per heavy atom. The number of nitrogens with one attached hydrogen (secondary N) is 3. The van der Waals surface area contributed by atoms with Gasteiger partial charge in [-0.25, -0.2) is 14.4 Å². The number of carboxylic acids is 2. The average molecular weight is 613 g/mol. The molecular formula is C28H44N4O11. The second-order valence-corrected chi connectivity index (χ2v) is 10.1. The molecule has 1 fully saturated rings. The summed E-state index contributed by atoms with van der Waals surface area (Å²) in [7, 11) is 0. The molecule has 0 bridgehead atoms. The zero-order chi connectivity index (χ0) is 32.2. The molecule has 0 amide bonds. The topological polar surface area (TPSA) is 245 Å². The van der Waals surface area contributed by atoms with Crippen molar-refractivity contribution in [2.75, 3.05) is 6.61 Å². The number of carboxylic acid groups (broad SMARTS) is 2. The number of hydrogen-bond acceptors (Lipinski definition) is 9. The van der Waals surface area contributed by atoms with Gasteiger partial charge >= 0.3 is 23.3 Å². The Morgan fingerprint density at radius 2 is 1.47 bits per heavy atom. The minimum absolute atomic E-state index is 0.206. The van der Waals surface area contributed by atoms with Crippen molar-refractivity contribution >= 4 is 11.9 Å². The fourth-order valence-electron chi connectivity index (χ4n) is 4.23. The van der Waals surface area contributed by atoms with Crippen LogP contribution < -0.4 is 22.5 Å². The number of ether oxygens (including phenoxy) is 1. The first kappa shape index (κ1) is 37.2. The summed E-state index contributed by atoms with van der Waals surface area (Å²) in [5.41, 5.74) is -3.05. The summed E-state index contributed by atoms with van der Waals surface area (Å²) in [5.74, 6) is -2.00. The molecule has 0 radical (unpaired) electrons. The zero-order valence-corrected chi connectivity index (χ0v) is 24.5. The number of aromatic amines is 3. The van der Waals surface area contributed by atoms with Crippen LogP contribution in [0, 0.1) is 0 Å². The van der Waals surface area contributed by atoms with E-state index in [1.807, 2.05) is 9.97 Å². The van der Waals surface area contributed by atoms with Gasteiger partial charge in [-0.2, -0.15) is 0 Å². The van der Waals surface area contributed by atoms with Crippen LogP contribution in [0.3, 0.4) is 0 Å². The van der Waals surface area contributed by atoms with Gasteiger partial charge in [-0.1, -0.05) is 71.1 Å². The van der Waals surface area contributed by atoms with Gasteiger partial charge < -0.3 is 30.1 Å². The van der Waals surface area contributed by atoms with Crippen LogP contribution in [-0.4, -0.2) is 70.7 Å². The van der Waals surface area contributed by atoms with Crippen LogP contribution in [0.4, 0.5) is 0 Å². The molecule has 7 N–H and O–H groups in total. The summed E-state index contributed by atoms with van der Waals surface area (Å²) in [6, 6.07) is 1.99. The lowest BCUT2D eigenvalue weighted by molar-refractivity contribution is -0.137. The lowest BCUT2D eigenvalue weighted by Crippen LogP contribution is -2.31. The maximum Gasteiger partial charge on any atom is 0.352 e. The quantitative estimate of drug-likeness (QED) is 0.143. The van der Waals surface area contributed by atoms with E-state index < -0.39 is 58.6 Å². The first-order chi connectivity index (χ1) is 20.5. The second kappa shape index (κ2) is 21.0. The van der Waals surface area contributed by atoms with Crippen LogP contribution in [0.1, 0.15) is 107 Å². The molecule has 3 rings (SSSR count). The molecule has 1 aliphatic rings. The number of unbranched alkanes of at least 4 members (excludes halogenated alkanes) is 10. The highest BCUT2D eigenvalue weighted by molar-refractivity contribution is 5.84. The van der Waals surface area contributed by atoms with E-state index in [-0.39, 0.29) is 13.0 Å². The van der Waals surface area contributed by atoms with E-state index >= 15 is 0 Å². The average Bonchev–Trinajstić information content (AvgIpc) is 3.32. The van der Waals surface area contributed by atoms with Crippen molar-refractivity contribution in [1.82, 2.24) is 19.5 Å². The molecule has 3 heterocycles. The van der Waals surface area contributed by atoms with Gasteiger partial charge in [0.05, 0.1) is 12.7 Å². The first-order valence-corrected chi connectivity index (χ1v) is 14.5. The second-order valence-electron chi connectivity index (χ2n) is 10.1. The third kappa shape index (κ3) is 15.8. The molecule has 15 nitrogen and oxygen atoms in total. The van der Waals surface area contributed by atoms with E-state index in [0.717, 1.165) is 18.9 Å². The van der Waals surface area contributed by atoms with Crippen molar-refractivity contribution in [3.8, 4) is 0 Å². The van der Waals surface area contributed by atoms with E-state index in [9.17, 15) is 33.9 Å². The van der Waals surface area contributed by atoms with Crippen molar-refractivity contribution in [1.29, 1.82) is 0 Å². The van der Waals surface area contributed by atoms with Crippen LogP contribution >= 0.6 is 0 Å². The maximum atomic E-state index is 11.4. The molecule has 0 saturated carbocycles. The predicted octanol–water partition coefficient (Wildman–Crippen LogP) is 1.71. The molecule has 1 saturated heterocycles. The Bertz CT molecular complexity index is 1300. The Hall–Kier alpha value is -3.82. The molecule has 0 spiro atoms. The summed E-state index contributed by atoms with van der Waals surface area (Å²) in [6.07, 6.45) is 13.7. The number of H-pyrrole nitrogens is 3. The SMILES string of the molecule is CCCCCCCCCCCCCC(=O)O.O=C(O)c1cc(=O)[nH]c(=O)[nH]1.O=c1ccn([C@H]2C[C@H](O)[C@@H](CO)O2)c(=O)[nH]1. The molecule has 3 atom stereocenters. The Balaban J connectivity index is 0.000000329. The minimum Gasteiger partial charge on any atom is -0.481 e. The minimum atomic E-state index is -1.34. The molecule has 1 aliphatic heterocycles. The molecule has 2 aromatic heterocycles. The molecule has 0 aromatic carbocycles. The molecule has 43 heavy (non-hydrogen) atoms. The van der Waals surface area contributed by atoms with Crippen LogP contribution in [0.2, 0.25) is 0 Å². The summed E-state index contributed by atoms with van der Waals surface area (Å²) >= 11 is 0. The predicted molar refractivity (Wildman–Crippen MR) is 156 cm³/mol. The van der Waals surface area contributed by atoms with Crippen molar-refractivity contribution < 1.29 is 34.8 Å². The molecular weight excluding hydrogens is 568 g/mol. The largest absolute Gasteiger partial charge is 0.481 e. The Kier molecular flexibility index (Phi) is 18.1. The highest BCUT2D eigenvalue weighted by Crippen LogP contribution is 2.26. The van der Waals surface area contributed by atoms with Gasteiger partial charge in [0.2, 0.25) is 0 Å². The molecule has 15 heteroatoms. The number of carbonyl (C=O) groups is 2. The standard InChI is InChI=1S/C14H28O2.C9H12N2O5.C5H4N2O4/c1-2-3-4-5-6-7-8-9-10-11-12-13-14(15)16;12-4-6-5(13)3-8(16-6)11-2-1-7(14)10-9(11)15;8-3-1-2(4(9)10)6-5(11)7-3/h2-13H2,1H3,(H,15,16);1-2,5-6,8,12-13H,3-4H2,(H,10,14,15);1H,(H,9,10)(H2,6,7,8,11)/t;5-,6+,8+;/m.0./s1. The number of aliphatic hydroxyl groups excluding tert-OH is 2. The van der Waals surface area contributed by atoms with Gasteiger partial charge in [0.1, 0.15) is 18.0 Å². The summed E-state index contributed by atoms with van der Waals surface area (Å²) < 4.78 is 6.45. The number of aliphatic hydroxyl groups is 2. The van der Waals surface area contributed by atoms with Gasteiger partial charge in [0, 0.05) is 31.2 Å². The van der Waals surface area contributed by atoms with Gasteiger partial charge in [-0.15, -0.1) is 0 Å². The number of hydrogen-bond donors (Lipinski definition) is 7. The molecule has 242 valence electrons. The first-order valence-electron chi connectivity index (χ1n) is 14.5. The fourth-order valence-corrected chi connectivity index (χ4v) is 4.23. The zero-order valence-electron chi connectivity index (χ0n) is 24.5. The van der Waals surface area contributed by atoms with Crippen LogP contribution in [0.25, 0.3) is 0 Å². The summed E-state index contributed by atoms with van der Waals surface area (Å²) in [5, 5.41) is 35.1. The fraction of sp³-hybridized carbons (Fsp3) is 0.643. The van der Waals surface area contributed by atoms with Gasteiger partial charge in [-0.05, 0) is 6.42 Å². The van der Waals surface area contributed by atoms with Crippen LogP contribution in [0.15, 0.2) is 37.5 Å². The van der Waals surface area contributed by atoms with Gasteiger partial charge in [-0.3, -0.25) is 28.9 Å². The lowest BCUT2D eigenvalue weighted by atomic mass is 10.1. The summed E-state index contributed by atoms with van der Waals surface area (Å²) in [4.78, 5) is 69.5. The van der Waals surface area contributed by atoms with Gasteiger partial charge in [0.25, 0.3) is 11.1 Å². The normalized spacial score (nSPS) is 17.3. The van der Waals surface area contributed by atoms with E-state index in [1.165, 1.54) is 74.6 Å². The number of rotatable bonds is 15. The van der Waals surface area contributed by atoms with E-state index in [0.29, 0.717) is 6.42 Å². The number of nitrogens with zero attached hydrogens (tertiary/aromatic N) is 1. The van der Waals surface area contributed by atoms with Crippen molar-refractivity contribution in [2.45, 2.75) is 109 Å². The number of aromatic carboxylic acids is 1. The number of aliphatic carboxylic acids is 1. The number of aromatic nitrogens is 4. The van der Waals surface area contributed by atoms with E-state index in [1.54, 1.807) is 0 Å². The molecule has 0 unspecified atom stereocenters. The third-order valence-corrected chi connectivity index (χ3v) is 6.53. The maximum absolute atomic E-state index is 11.4. The van der Waals surface area contributed by atoms with Crippen LogP contribution in [0.5, 0.6) is 0 Å². The lowest BCUT2D eigenvalue weighted by Gasteiger charge is -2.13. The monoisotopic (exact) mass is 612 g/mol. The molecule has 2 aromatic rings. The highest BCUT2D eigenvalue weighted by Gasteiger charge is 2.34. The van der Waals surface area contributed by atoms with Crippen molar-refractivity contribution in [3.05, 3.63) is 65.7 Å².